The van der Waals surface area contributed by atoms with Gasteiger partial charge in [-0.05, 0) is 20.8 Å². The van der Waals surface area contributed by atoms with Crippen molar-refractivity contribution in [2.45, 2.75) is 20.8 Å². The van der Waals surface area contributed by atoms with Gasteiger partial charge in [-0.2, -0.15) is 5.84 Å². The maximum Gasteiger partial charge on any atom is 0.0931 e. The summed E-state index contributed by atoms with van der Waals surface area (Å²) in [4.78, 5) is 0. The summed E-state index contributed by atoms with van der Waals surface area (Å²) in [5.74, 6) is 5.83. The van der Waals surface area contributed by atoms with E-state index in [0.29, 0.717) is 4.59 Å². The third-order valence-corrected chi connectivity index (χ3v) is 1.89. The van der Waals surface area contributed by atoms with Crippen molar-refractivity contribution in [2.75, 3.05) is 19.6 Å². The number of nitrogens with two attached hydrogens (primary N) is 1. The molecule has 0 atom stereocenters. The van der Waals surface area contributed by atoms with E-state index >= 15 is 0 Å². The molecule has 0 saturated carbocycles. The van der Waals surface area contributed by atoms with E-state index in [-0.39, 0.29) is 23.3 Å². The van der Waals surface area contributed by atoms with Crippen LogP contribution in [0.5, 0.6) is 0 Å². The summed E-state index contributed by atoms with van der Waals surface area (Å²) in [6.07, 6.45) is 0. The molecule has 12 N–H and O–H groups in total. The van der Waals surface area contributed by atoms with Gasteiger partial charge in [0.05, 0.1) is 19.6 Å². The van der Waals surface area contributed by atoms with E-state index in [9.17, 15) is 0 Å². The Kier molecular flexibility index (Phi) is 33.2. The predicted octanol–water partition coefficient (Wildman–Crippen LogP) is -0.589. The molecule has 0 aliphatic carbocycles. The molecule has 0 aromatic carbocycles. The summed E-state index contributed by atoms with van der Waals surface area (Å²) >= 11 is 0. The summed E-state index contributed by atoms with van der Waals surface area (Å²) < 4.78 is 0.708. The van der Waals surface area contributed by atoms with Gasteiger partial charge in [-0.3, -0.25) is 0 Å². The molecule has 0 heterocycles. The average molecular weight is 187 g/mol. The Labute approximate surface area is 75.1 Å². The SMILES string of the molecule is CC[N+](N)(CC)CC.N.N.O.O. The monoisotopic (exact) mass is 187 g/mol. The first-order chi connectivity index (χ1) is 3.68. The molecule has 0 saturated heterocycles. The molecule has 0 bridgehead atoms. The lowest BCUT2D eigenvalue weighted by molar-refractivity contribution is -0.935. The van der Waals surface area contributed by atoms with Crippen LogP contribution >= 0.6 is 0 Å². The highest BCUT2D eigenvalue weighted by Gasteiger charge is 2.12. The first-order valence-electron chi connectivity index (χ1n) is 3.33. The number of nitrogens with zero attached hydrogens (tertiary/aromatic N) is 1. The zero-order valence-corrected chi connectivity index (χ0v) is 8.56. The van der Waals surface area contributed by atoms with E-state index < -0.39 is 0 Å². The van der Waals surface area contributed by atoms with Crippen LogP contribution in [0.25, 0.3) is 0 Å². The van der Waals surface area contributed by atoms with Gasteiger partial charge < -0.3 is 23.3 Å². The maximum atomic E-state index is 5.83. The summed E-state index contributed by atoms with van der Waals surface area (Å²) in [5, 5.41) is 0. The van der Waals surface area contributed by atoms with Gasteiger partial charge in [-0.1, -0.05) is 0 Å². The normalized spacial score (nSPS) is 8.00. The largest absolute Gasteiger partial charge is 0.412 e. The molecule has 6 nitrogen and oxygen atoms in total. The lowest BCUT2D eigenvalue weighted by atomic mass is 10.5. The number of hydrogen-bond donors (Lipinski definition) is 3. The van der Waals surface area contributed by atoms with Gasteiger partial charge >= 0.3 is 0 Å². The van der Waals surface area contributed by atoms with Crippen LogP contribution in [0.1, 0.15) is 20.8 Å². The molecule has 0 spiro atoms. The van der Waals surface area contributed by atoms with E-state index in [1.165, 1.54) is 0 Å². The van der Waals surface area contributed by atoms with Crippen molar-refractivity contribution in [3.05, 3.63) is 0 Å². The summed E-state index contributed by atoms with van der Waals surface area (Å²) in [5.41, 5.74) is 0. The van der Waals surface area contributed by atoms with Crippen LogP contribution in [0.2, 0.25) is 0 Å². The number of rotatable bonds is 3. The topological polar surface area (TPSA) is 159 Å². The second kappa shape index (κ2) is 13.4. The van der Waals surface area contributed by atoms with Gasteiger partial charge in [0.2, 0.25) is 0 Å². The minimum absolute atomic E-state index is 0. The van der Waals surface area contributed by atoms with E-state index in [2.05, 4.69) is 20.8 Å². The van der Waals surface area contributed by atoms with Crippen LogP contribution in [0.15, 0.2) is 0 Å². The molecule has 0 aromatic rings. The second-order valence-electron chi connectivity index (χ2n) is 2.17. The Bertz CT molecular complexity index is 60.3. The molecule has 6 heteroatoms. The first kappa shape index (κ1) is 29.8. The minimum Gasteiger partial charge on any atom is -0.412 e. The Balaban J connectivity index is -0.0000000408. The van der Waals surface area contributed by atoms with Crippen LogP contribution in [0.3, 0.4) is 0 Å². The van der Waals surface area contributed by atoms with Crippen molar-refractivity contribution >= 4 is 0 Å². The van der Waals surface area contributed by atoms with Gasteiger partial charge in [-0.15, -0.1) is 0 Å². The zero-order chi connectivity index (χ0) is 6.62. The quantitative estimate of drug-likeness (QED) is 0.306. The van der Waals surface area contributed by atoms with Crippen molar-refractivity contribution in [3.8, 4) is 0 Å². The van der Waals surface area contributed by atoms with Gasteiger partial charge in [-0.25, -0.2) is 4.59 Å². The van der Waals surface area contributed by atoms with Crippen LogP contribution in [0.4, 0.5) is 0 Å². The molecule has 0 rings (SSSR count). The maximum absolute atomic E-state index is 5.83. The molecule has 0 radical (unpaired) electrons. The Hall–Kier alpha value is -0.240. The van der Waals surface area contributed by atoms with E-state index in [1.54, 1.807) is 0 Å². The van der Waals surface area contributed by atoms with Crippen molar-refractivity contribution < 1.29 is 15.5 Å². The van der Waals surface area contributed by atoms with E-state index in [0.717, 1.165) is 19.6 Å². The average Bonchev–Trinajstić information content (AvgIpc) is 1.87. The Morgan fingerprint density at radius 1 is 0.833 bits per heavy atom. The van der Waals surface area contributed by atoms with Gasteiger partial charge in [0.1, 0.15) is 0 Å². The Morgan fingerprint density at radius 2 is 1.00 bits per heavy atom. The highest BCUT2D eigenvalue weighted by molar-refractivity contribution is 4.22. The van der Waals surface area contributed by atoms with Gasteiger partial charge in [0.15, 0.2) is 0 Å². The van der Waals surface area contributed by atoms with Crippen molar-refractivity contribution in [1.29, 1.82) is 0 Å². The van der Waals surface area contributed by atoms with E-state index in [1.807, 2.05) is 0 Å². The van der Waals surface area contributed by atoms with Crippen molar-refractivity contribution in [3.63, 3.8) is 0 Å². The molecule has 0 aliphatic heterocycles. The molecule has 0 aromatic heterocycles. The molecule has 0 unspecified atom stereocenters. The van der Waals surface area contributed by atoms with Crippen LogP contribution in [-0.2, 0) is 0 Å². The van der Waals surface area contributed by atoms with Crippen LogP contribution < -0.4 is 18.1 Å². The third-order valence-electron chi connectivity index (χ3n) is 1.89. The summed E-state index contributed by atoms with van der Waals surface area (Å²) in [6.45, 7) is 9.46. The fraction of sp³-hybridized carbons (Fsp3) is 1.00. The van der Waals surface area contributed by atoms with Crippen LogP contribution in [-0.4, -0.2) is 35.2 Å². The van der Waals surface area contributed by atoms with Gasteiger partial charge in [0.25, 0.3) is 0 Å². The fourth-order valence-corrected chi connectivity index (χ4v) is 0.671. The molecule has 82 valence electrons. The number of quaternary nitrogens is 1. The smallest absolute Gasteiger partial charge is 0.0931 e. The molecule has 12 heavy (non-hydrogen) atoms. The zero-order valence-electron chi connectivity index (χ0n) is 8.56. The van der Waals surface area contributed by atoms with E-state index in [4.69, 9.17) is 5.84 Å². The van der Waals surface area contributed by atoms with Crippen molar-refractivity contribution in [1.82, 2.24) is 12.3 Å². The molecular formula is C6H27N4O2+. The number of hydrogen-bond acceptors (Lipinski definition) is 3. The summed E-state index contributed by atoms with van der Waals surface area (Å²) in [6, 6.07) is 0. The fourth-order valence-electron chi connectivity index (χ4n) is 0.671. The molecule has 0 aliphatic rings. The highest BCUT2D eigenvalue weighted by atomic mass is 16.0. The minimum atomic E-state index is 0. The lowest BCUT2D eigenvalue weighted by Crippen LogP contribution is -2.53. The van der Waals surface area contributed by atoms with Gasteiger partial charge in [0, 0.05) is 0 Å². The Morgan fingerprint density at radius 3 is 1.00 bits per heavy atom. The molecular weight excluding hydrogens is 160 g/mol. The predicted molar refractivity (Wildman–Crippen MR) is 53.3 cm³/mol. The highest BCUT2D eigenvalue weighted by Crippen LogP contribution is 1.92. The molecule has 0 amide bonds. The first-order valence-corrected chi connectivity index (χ1v) is 3.33. The van der Waals surface area contributed by atoms with Crippen molar-refractivity contribution in [2.24, 2.45) is 5.84 Å². The molecule has 0 fully saturated rings. The lowest BCUT2D eigenvalue weighted by Gasteiger charge is -2.28. The standard InChI is InChI=1S/C6H17N2.2H3N.2H2O/c1-4-8(7,5-2)6-3;;;;/h4-7H2,1-3H3;2*1H3;2*1H2/q+1;;;;. The third kappa shape index (κ3) is 9.76. The summed E-state index contributed by atoms with van der Waals surface area (Å²) in [7, 11) is 0. The van der Waals surface area contributed by atoms with Crippen LogP contribution in [0, 0.1) is 0 Å². The second-order valence-corrected chi connectivity index (χ2v) is 2.17.